The van der Waals surface area contributed by atoms with Crippen LogP contribution < -0.4 is 18.9 Å². The second-order valence-corrected chi connectivity index (χ2v) is 8.74. The molecule has 1 atom stereocenters. The molecule has 8 heteroatoms. The molecule has 2 aromatic carbocycles. The average molecular weight is 484 g/mol. The number of aliphatic hydroxyl groups is 1. The van der Waals surface area contributed by atoms with E-state index in [1.54, 1.807) is 38.5 Å². The van der Waals surface area contributed by atoms with Crippen LogP contribution in [0.4, 0.5) is 0 Å². The van der Waals surface area contributed by atoms with Crippen LogP contribution in [0.2, 0.25) is 0 Å². The summed E-state index contributed by atoms with van der Waals surface area (Å²) in [5.74, 6) is 0.949. The summed E-state index contributed by atoms with van der Waals surface area (Å²) in [6.07, 6.45) is 0.703. The van der Waals surface area contributed by atoms with E-state index in [2.05, 4.69) is 0 Å². The van der Waals surface area contributed by atoms with Crippen molar-refractivity contribution in [2.75, 3.05) is 35.0 Å². The Bertz CT molecular complexity index is 1120. The number of hydrogen-bond donors (Lipinski definition) is 1. The highest BCUT2D eigenvalue weighted by Crippen LogP contribution is 2.41. The smallest absolute Gasteiger partial charge is 0.290 e. The molecule has 8 nitrogen and oxygen atoms in total. The van der Waals surface area contributed by atoms with Crippen molar-refractivity contribution in [1.29, 1.82) is 0 Å². The number of benzene rings is 2. The molecular formula is C27H33NO7. The van der Waals surface area contributed by atoms with Gasteiger partial charge in [0.15, 0.2) is 34.5 Å². The Morgan fingerprint density at radius 3 is 2.06 bits per heavy atom. The van der Waals surface area contributed by atoms with Crippen molar-refractivity contribution < 1.29 is 33.6 Å². The first-order chi connectivity index (χ1) is 16.7. The minimum Gasteiger partial charge on any atom is -0.503 e. The minimum atomic E-state index is -0.742. The highest BCUT2D eigenvalue weighted by Gasteiger charge is 2.43. The van der Waals surface area contributed by atoms with Gasteiger partial charge < -0.3 is 29.0 Å². The number of nitrogens with zero attached hydrogens (tertiary/aromatic N) is 1. The lowest BCUT2D eigenvalue weighted by Gasteiger charge is -2.27. The number of Topliss-reactive ketones (excluding diaryl/α,β-unsaturated/α-hetero) is 1. The predicted octanol–water partition coefficient (Wildman–Crippen LogP) is 4.27. The van der Waals surface area contributed by atoms with Gasteiger partial charge in [-0.25, -0.2) is 0 Å². The summed E-state index contributed by atoms with van der Waals surface area (Å²) in [7, 11) is 6.19. The summed E-state index contributed by atoms with van der Waals surface area (Å²) in [6, 6.07) is 10.1. The monoisotopic (exact) mass is 483 g/mol. The van der Waals surface area contributed by atoms with Crippen molar-refractivity contribution in [2.24, 2.45) is 5.92 Å². The molecule has 0 fully saturated rings. The largest absolute Gasteiger partial charge is 0.503 e. The van der Waals surface area contributed by atoms with Crippen LogP contribution in [-0.4, -0.2) is 56.7 Å². The van der Waals surface area contributed by atoms with Gasteiger partial charge in [-0.15, -0.1) is 0 Å². The molecule has 1 unspecified atom stereocenters. The molecule has 1 aliphatic rings. The van der Waals surface area contributed by atoms with E-state index >= 15 is 0 Å². The molecule has 35 heavy (non-hydrogen) atoms. The van der Waals surface area contributed by atoms with Gasteiger partial charge in [-0.1, -0.05) is 26.0 Å². The SMILES string of the molecule is COc1ccc(CCN2C(=O)C(O)=C(C(=O)CC(C)C)C2c2ccc(OC)c(OC)c2)cc1OC. The molecule has 0 aromatic heterocycles. The molecule has 1 aliphatic heterocycles. The van der Waals surface area contributed by atoms with E-state index in [1.165, 1.54) is 19.1 Å². The van der Waals surface area contributed by atoms with Gasteiger partial charge in [0.1, 0.15) is 0 Å². The van der Waals surface area contributed by atoms with Gasteiger partial charge in [0, 0.05) is 13.0 Å². The molecule has 1 amide bonds. The second-order valence-electron chi connectivity index (χ2n) is 8.74. The van der Waals surface area contributed by atoms with Crippen molar-refractivity contribution in [3.05, 3.63) is 58.9 Å². The number of methoxy groups -OCH3 is 4. The van der Waals surface area contributed by atoms with Gasteiger partial charge in [-0.3, -0.25) is 9.59 Å². The number of ketones is 1. The molecule has 1 N–H and O–H groups in total. The number of rotatable bonds is 11. The van der Waals surface area contributed by atoms with Crippen molar-refractivity contribution in [3.63, 3.8) is 0 Å². The van der Waals surface area contributed by atoms with Crippen LogP contribution in [-0.2, 0) is 16.0 Å². The molecule has 0 saturated heterocycles. The zero-order chi connectivity index (χ0) is 25.7. The lowest BCUT2D eigenvalue weighted by atomic mass is 9.92. The quantitative estimate of drug-likeness (QED) is 0.510. The molecular weight excluding hydrogens is 450 g/mol. The van der Waals surface area contributed by atoms with Gasteiger partial charge in [-0.2, -0.15) is 0 Å². The van der Waals surface area contributed by atoms with Crippen LogP contribution in [0, 0.1) is 5.92 Å². The number of ether oxygens (including phenoxy) is 4. The van der Waals surface area contributed by atoms with Gasteiger partial charge in [0.05, 0.1) is 40.1 Å². The molecule has 0 saturated carbocycles. The van der Waals surface area contributed by atoms with Crippen LogP contribution in [0.1, 0.15) is 37.4 Å². The van der Waals surface area contributed by atoms with E-state index in [9.17, 15) is 14.7 Å². The van der Waals surface area contributed by atoms with Crippen molar-refractivity contribution >= 4 is 11.7 Å². The van der Waals surface area contributed by atoms with Crippen molar-refractivity contribution in [1.82, 2.24) is 4.90 Å². The van der Waals surface area contributed by atoms with Gasteiger partial charge in [0.2, 0.25) is 0 Å². The molecule has 2 aromatic rings. The van der Waals surface area contributed by atoms with Crippen LogP contribution in [0.15, 0.2) is 47.7 Å². The Labute approximate surface area is 206 Å². The summed E-state index contributed by atoms with van der Waals surface area (Å²) >= 11 is 0. The molecule has 0 bridgehead atoms. The summed E-state index contributed by atoms with van der Waals surface area (Å²) < 4.78 is 21.5. The minimum absolute atomic E-state index is 0.0739. The normalized spacial score (nSPS) is 15.6. The Hall–Kier alpha value is -3.68. The summed E-state index contributed by atoms with van der Waals surface area (Å²) in [5.41, 5.74) is 1.69. The van der Waals surface area contributed by atoms with E-state index in [0.29, 0.717) is 35.0 Å². The number of amides is 1. The zero-order valence-electron chi connectivity index (χ0n) is 21.1. The maximum Gasteiger partial charge on any atom is 0.290 e. The molecule has 3 rings (SSSR count). The highest BCUT2D eigenvalue weighted by molar-refractivity contribution is 6.09. The molecule has 1 heterocycles. The summed E-state index contributed by atoms with van der Waals surface area (Å²) in [6.45, 7) is 4.12. The molecule has 0 spiro atoms. The number of carbonyl (C=O) groups is 2. The molecule has 188 valence electrons. The molecule has 0 radical (unpaired) electrons. The van der Waals surface area contributed by atoms with Crippen LogP contribution in [0.25, 0.3) is 0 Å². The Balaban J connectivity index is 1.99. The average Bonchev–Trinajstić information content (AvgIpc) is 3.11. The lowest BCUT2D eigenvalue weighted by molar-refractivity contribution is -0.129. The molecule has 0 aliphatic carbocycles. The maximum absolute atomic E-state index is 13.2. The van der Waals surface area contributed by atoms with E-state index in [4.69, 9.17) is 18.9 Å². The predicted molar refractivity (Wildman–Crippen MR) is 131 cm³/mol. The van der Waals surface area contributed by atoms with E-state index < -0.39 is 17.7 Å². The zero-order valence-corrected chi connectivity index (χ0v) is 21.1. The van der Waals surface area contributed by atoms with E-state index in [0.717, 1.165) is 5.56 Å². The first-order valence-corrected chi connectivity index (χ1v) is 11.5. The summed E-state index contributed by atoms with van der Waals surface area (Å²) in [5, 5.41) is 10.8. The fourth-order valence-corrected chi connectivity index (χ4v) is 4.30. The van der Waals surface area contributed by atoms with E-state index in [-0.39, 0.29) is 30.2 Å². The fraction of sp³-hybridized carbons (Fsp3) is 0.407. The van der Waals surface area contributed by atoms with Crippen LogP contribution in [0.5, 0.6) is 23.0 Å². The first-order valence-electron chi connectivity index (χ1n) is 11.5. The number of aliphatic hydroxyl groups excluding tert-OH is 1. The standard InChI is InChI=1S/C27H33NO7/c1-16(2)13-19(29)24-25(18-8-10-21(33-4)23(15-18)35-6)28(27(31)26(24)30)12-11-17-7-9-20(32-3)22(14-17)34-5/h7-10,14-16,25,30H,11-13H2,1-6H3. The first kappa shape index (κ1) is 25.9. The highest BCUT2D eigenvalue weighted by atomic mass is 16.5. The Morgan fingerprint density at radius 1 is 0.914 bits per heavy atom. The lowest BCUT2D eigenvalue weighted by Crippen LogP contribution is -2.33. The van der Waals surface area contributed by atoms with E-state index in [1.807, 2.05) is 26.0 Å². The maximum atomic E-state index is 13.2. The van der Waals surface area contributed by atoms with Crippen LogP contribution >= 0.6 is 0 Å². The summed E-state index contributed by atoms with van der Waals surface area (Å²) in [4.78, 5) is 27.9. The third kappa shape index (κ3) is 5.37. The Morgan fingerprint density at radius 2 is 1.49 bits per heavy atom. The van der Waals surface area contributed by atoms with Gasteiger partial charge >= 0.3 is 0 Å². The van der Waals surface area contributed by atoms with Gasteiger partial charge in [-0.05, 0) is 47.7 Å². The number of carbonyl (C=O) groups excluding carboxylic acids is 2. The third-order valence-electron chi connectivity index (χ3n) is 6.01. The fourth-order valence-electron chi connectivity index (χ4n) is 4.30. The topological polar surface area (TPSA) is 94.5 Å². The van der Waals surface area contributed by atoms with Crippen LogP contribution in [0.3, 0.4) is 0 Å². The van der Waals surface area contributed by atoms with Crippen molar-refractivity contribution in [2.45, 2.75) is 32.7 Å². The number of hydrogen-bond acceptors (Lipinski definition) is 7. The van der Waals surface area contributed by atoms with Crippen molar-refractivity contribution in [3.8, 4) is 23.0 Å². The second kappa shape index (κ2) is 11.2. The third-order valence-corrected chi connectivity index (χ3v) is 6.01. The van der Waals surface area contributed by atoms with Gasteiger partial charge in [0.25, 0.3) is 5.91 Å². The Kier molecular flexibility index (Phi) is 8.27.